The van der Waals surface area contributed by atoms with Gasteiger partial charge in [0.1, 0.15) is 11.5 Å². The number of nitrogens with one attached hydrogen (secondary N) is 1. The van der Waals surface area contributed by atoms with Crippen molar-refractivity contribution in [3.05, 3.63) is 82.7 Å². The van der Waals surface area contributed by atoms with Gasteiger partial charge in [-0.05, 0) is 30.3 Å². The number of halogens is 9. The molecule has 1 amide bonds. The first-order chi connectivity index (χ1) is 15.9. The molecule has 0 aliphatic carbocycles. The molecule has 4 aromatic rings. The predicted molar refractivity (Wildman–Crippen MR) is 97.6 cm³/mol. The SMILES string of the molecule is O=C(Nc1c(F)c(F)c(F)c(F)c1F)c1cc2nc(-c3ccc(F)cc3)cc(C(F)(F)F)n2n1. The average molecular weight is 490 g/mol. The molecule has 0 aliphatic heterocycles. The minimum absolute atomic E-state index is 0.0861. The van der Waals surface area contributed by atoms with Crippen LogP contribution in [0.1, 0.15) is 16.2 Å². The number of rotatable bonds is 3. The number of nitrogens with zero attached hydrogens (tertiary/aromatic N) is 3. The maximum Gasteiger partial charge on any atom is 0.433 e. The van der Waals surface area contributed by atoms with E-state index in [1.165, 1.54) is 5.32 Å². The van der Waals surface area contributed by atoms with Crippen LogP contribution in [0.5, 0.6) is 0 Å². The van der Waals surface area contributed by atoms with E-state index in [4.69, 9.17) is 0 Å². The summed E-state index contributed by atoms with van der Waals surface area (Å²) in [5.74, 6) is -14.1. The van der Waals surface area contributed by atoms with Crippen molar-refractivity contribution in [3.8, 4) is 11.3 Å². The van der Waals surface area contributed by atoms with Gasteiger partial charge in [0.15, 0.2) is 40.3 Å². The molecular formula is C20H7F9N4O. The Hall–Kier alpha value is -4.10. The van der Waals surface area contributed by atoms with E-state index < -0.39 is 69.7 Å². The fraction of sp³-hybridized carbons (Fsp3) is 0.0500. The zero-order valence-corrected chi connectivity index (χ0v) is 16.1. The molecule has 0 saturated heterocycles. The smallest absolute Gasteiger partial charge is 0.315 e. The molecular weight excluding hydrogens is 483 g/mol. The molecule has 5 nitrogen and oxygen atoms in total. The molecule has 0 aliphatic rings. The molecule has 1 N–H and O–H groups in total. The van der Waals surface area contributed by atoms with E-state index in [-0.39, 0.29) is 15.8 Å². The van der Waals surface area contributed by atoms with Gasteiger partial charge in [0.2, 0.25) is 5.82 Å². The molecule has 0 radical (unpaired) electrons. The van der Waals surface area contributed by atoms with E-state index in [2.05, 4.69) is 10.1 Å². The Kier molecular flexibility index (Phi) is 5.45. The number of hydrogen-bond donors (Lipinski definition) is 1. The number of carbonyl (C=O) groups is 1. The first-order valence-corrected chi connectivity index (χ1v) is 8.95. The summed E-state index contributed by atoms with van der Waals surface area (Å²) in [5, 5.41) is 4.81. The lowest BCUT2D eigenvalue weighted by Gasteiger charge is -2.11. The first kappa shape index (κ1) is 23.1. The van der Waals surface area contributed by atoms with E-state index in [1.807, 2.05) is 0 Å². The van der Waals surface area contributed by atoms with Gasteiger partial charge >= 0.3 is 6.18 Å². The number of anilines is 1. The van der Waals surface area contributed by atoms with Gasteiger partial charge in [0.25, 0.3) is 5.91 Å². The summed E-state index contributed by atoms with van der Waals surface area (Å²) in [6.45, 7) is 0. The van der Waals surface area contributed by atoms with E-state index in [1.54, 1.807) is 0 Å². The number of aromatic nitrogens is 3. The number of carbonyl (C=O) groups excluding carboxylic acids is 1. The third-order valence-corrected chi connectivity index (χ3v) is 4.54. The number of hydrogen-bond acceptors (Lipinski definition) is 3. The average Bonchev–Trinajstić information content (AvgIpc) is 3.22. The second kappa shape index (κ2) is 8.04. The zero-order valence-electron chi connectivity index (χ0n) is 16.1. The number of amides is 1. The topological polar surface area (TPSA) is 59.3 Å². The van der Waals surface area contributed by atoms with Crippen LogP contribution in [0.2, 0.25) is 0 Å². The summed E-state index contributed by atoms with van der Waals surface area (Å²) in [4.78, 5) is 16.3. The van der Waals surface area contributed by atoms with Gasteiger partial charge in [-0.1, -0.05) is 0 Å². The van der Waals surface area contributed by atoms with Crippen LogP contribution in [-0.4, -0.2) is 20.5 Å². The molecule has 34 heavy (non-hydrogen) atoms. The highest BCUT2D eigenvalue weighted by Gasteiger charge is 2.36. The monoisotopic (exact) mass is 490 g/mol. The number of fused-ring (bicyclic) bond motifs is 1. The van der Waals surface area contributed by atoms with Gasteiger partial charge in [-0.2, -0.15) is 18.3 Å². The largest absolute Gasteiger partial charge is 0.433 e. The molecule has 2 heterocycles. The van der Waals surface area contributed by atoms with E-state index in [0.29, 0.717) is 12.1 Å². The summed E-state index contributed by atoms with van der Waals surface area (Å²) < 4.78 is 122. The first-order valence-electron chi connectivity index (χ1n) is 8.95. The van der Waals surface area contributed by atoms with Crippen molar-refractivity contribution in [2.75, 3.05) is 5.32 Å². The Bertz CT molecular complexity index is 1420. The van der Waals surface area contributed by atoms with Crippen LogP contribution in [0, 0.1) is 34.9 Å². The van der Waals surface area contributed by atoms with Crippen LogP contribution >= 0.6 is 0 Å². The van der Waals surface area contributed by atoms with Crippen molar-refractivity contribution in [3.63, 3.8) is 0 Å². The van der Waals surface area contributed by atoms with Crippen molar-refractivity contribution in [2.24, 2.45) is 0 Å². The number of benzene rings is 2. The lowest BCUT2D eigenvalue weighted by molar-refractivity contribution is -0.142. The summed E-state index contributed by atoms with van der Waals surface area (Å²) in [6, 6.07) is 5.53. The summed E-state index contributed by atoms with van der Waals surface area (Å²) >= 11 is 0. The second-order valence-electron chi connectivity index (χ2n) is 6.73. The van der Waals surface area contributed by atoms with Crippen molar-refractivity contribution in [2.45, 2.75) is 6.18 Å². The van der Waals surface area contributed by atoms with Gasteiger partial charge in [0, 0.05) is 11.6 Å². The molecule has 14 heteroatoms. The van der Waals surface area contributed by atoms with Gasteiger partial charge < -0.3 is 5.32 Å². The van der Waals surface area contributed by atoms with Crippen molar-refractivity contribution in [1.29, 1.82) is 0 Å². The van der Waals surface area contributed by atoms with E-state index >= 15 is 0 Å². The van der Waals surface area contributed by atoms with Gasteiger partial charge in [-0.3, -0.25) is 4.79 Å². The van der Waals surface area contributed by atoms with Gasteiger partial charge in [-0.25, -0.2) is 35.8 Å². The minimum Gasteiger partial charge on any atom is -0.315 e. The van der Waals surface area contributed by atoms with Crippen molar-refractivity contribution < 1.29 is 44.3 Å². The highest BCUT2D eigenvalue weighted by molar-refractivity contribution is 6.03. The van der Waals surface area contributed by atoms with Gasteiger partial charge in [0.05, 0.1) is 5.69 Å². The Labute approximate surface area is 182 Å². The predicted octanol–water partition coefficient (Wildman–Crippen LogP) is 5.50. The van der Waals surface area contributed by atoms with Crippen LogP contribution < -0.4 is 5.32 Å². The third-order valence-electron chi connectivity index (χ3n) is 4.54. The maximum absolute atomic E-state index is 13.8. The molecule has 0 bridgehead atoms. The maximum atomic E-state index is 13.8. The number of alkyl halides is 3. The normalized spacial score (nSPS) is 11.8. The second-order valence-corrected chi connectivity index (χ2v) is 6.73. The molecule has 2 aromatic carbocycles. The minimum atomic E-state index is -5.02. The zero-order chi connectivity index (χ0) is 24.9. The molecule has 0 atom stereocenters. The molecule has 0 unspecified atom stereocenters. The summed E-state index contributed by atoms with van der Waals surface area (Å²) in [6.07, 6.45) is -5.02. The quantitative estimate of drug-likeness (QED) is 0.234. The summed E-state index contributed by atoms with van der Waals surface area (Å²) in [5.41, 5.74) is -4.73. The van der Waals surface area contributed by atoms with Crippen molar-refractivity contribution >= 4 is 17.2 Å². The molecule has 0 fully saturated rings. The Balaban J connectivity index is 1.81. The van der Waals surface area contributed by atoms with Crippen LogP contribution in [0.3, 0.4) is 0 Å². The standard InChI is InChI=1S/C20H7F9N4O/c21-8-3-1-7(2-4-8)9-5-11(20(27,28)29)33-12(30-9)6-10(32-33)19(34)31-18-16(25)14(23)13(22)15(24)17(18)26/h1-6H,(H,31,34). The lowest BCUT2D eigenvalue weighted by atomic mass is 10.1. The van der Waals surface area contributed by atoms with E-state index in [0.717, 1.165) is 24.3 Å². The summed E-state index contributed by atoms with van der Waals surface area (Å²) in [7, 11) is 0. The molecule has 0 saturated carbocycles. The molecule has 2 aromatic heterocycles. The molecule has 176 valence electrons. The Morgan fingerprint density at radius 2 is 1.38 bits per heavy atom. The van der Waals surface area contributed by atoms with E-state index in [9.17, 15) is 44.3 Å². The van der Waals surface area contributed by atoms with Gasteiger partial charge in [-0.15, -0.1) is 0 Å². The highest BCUT2D eigenvalue weighted by atomic mass is 19.4. The Morgan fingerprint density at radius 1 is 0.824 bits per heavy atom. The van der Waals surface area contributed by atoms with Crippen LogP contribution in [0.4, 0.5) is 45.2 Å². The highest BCUT2D eigenvalue weighted by Crippen LogP contribution is 2.33. The Morgan fingerprint density at radius 3 is 1.94 bits per heavy atom. The van der Waals surface area contributed by atoms with Crippen LogP contribution in [0.25, 0.3) is 16.9 Å². The fourth-order valence-corrected chi connectivity index (χ4v) is 2.95. The fourth-order valence-electron chi connectivity index (χ4n) is 2.95. The van der Waals surface area contributed by atoms with Crippen LogP contribution in [-0.2, 0) is 6.18 Å². The van der Waals surface area contributed by atoms with Crippen LogP contribution in [0.15, 0.2) is 36.4 Å². The lowest BCUT2D eigenvalue weighted by Crippen LogP contribution is -2.18. The molecule has 4 rings (SSSR count). The molecule has 0 spiro atoms. The van der Waals surface area contributed by atoms with Crippen molar-refractivity contribution in [1.82, 2.24) is 14.6 Å². The third kappa shape index (κ3) is 3.91.